The van der Waals surface area contributed by atoms with Gasteiger partial charge in [-0.15, -0.1) is 10.3 Å². The van der Waals surface area contributed by atoms with Crippen LogP contribution < -0.4 is 10.1 Å². The Balaban J connectivity index is 1.99. The maximum atomic E-state index is 5.69. The molecule has 5 heteroatoms. The van der Waals surface area contributed by atoms with Crippen LogP contribution in [0.25, 0.3) is 5.57 Å². The molecule has 1 unspecified atom stereocenters. The van der Waals surface area contributed by atoms with Gasteiger partial charge >= 0.3 is 0 Å². The van der Waals surface area contributed by atoms with Crippen LogP contribution in [0.2, 0.25) is 0 Å². The lowest BCUT2D eigenvalue weighted by molar-refractivity contribution is 0.316. The molecule has 2 rings (SSSR count). The lowest BCUT2D eigenvalue weighted by atomic mass is 10.0. The van der Waals surface area contributed by atoms with Gasteiger partial charge in [-0.2, -0.15) is 4.37 Å². The molecule has 0 spiro atoms. The first-order chi connectivity index (χ1) is 9.33. The zero-order valence-electron chi connectivity index (χ0n) is 11.4. The van der Waals surface area contributed by atoms with Crippen molar-refractivity contribution in [2.75, 3.05) is 13.2 Å². The van der Waals surface area contributed by atoms with E-state index in [-0.39, 0.29) is 0 Å². The third kappa shape index (κ3) is 3.79. The van der Waals surface area contributed by atoms with Crippen LogP contribution in [0.4, 0.5) is 0 Å². The zero-order valence-corrected chi connectivity index (χ0v) is 12.2. The van der Waals surface area contributed by atoms with Gasteiger partial charge in [0.15, 0.2) is 0 Å². The minimum Gasteiger partial charge on any atom is -0.474 e. The Morgan fingerprint density at radius 2 is 2.37 bits per heavy atom. The lowest BCUT2D eigenvalue weighted by Crippen LogP contribution is -2.31. The predicted molar refractivity (Wildman–Crippen MR) is 78.1 cm³/mol. The standard InChI is InChI=1S/C14H19N3OS/c1-3-4-5-6-10-18-14-13(16-19-17-14)12-8-7-9-15-11(12)2/h8,11,15H,3,6-7,9-10H2,1-2H3. The van der Waals surface area contributed by atoms with E-state index >= 15 is 0 Å². The summed E-state index contributed by atoms with van der Waals surface area (Å²) in [7, 11) is 0. The van der Waals surface area contributed by atoms with Gasteiger partial charge in [-0.1, -0.05) is 18.9 Å². The van der Waals surface area contributed by atoms with Crippen molar-refractivity contribution in [2.45, 2.75) is 39.2 Å². The lowest BCUT2D eigenvalue weighted by Gasteiger charge is -2.21. The van der Waals surface area contributed by atoms with Crippen LogP contribution in [-0.2, 0) is 0 Å². The average molecular weight is 277 g/mol. The van der Waals surface area contributed by atoms with E-state index < -0.39 is 0 Å². The largest absolute Gasteiger partial charge is 0.474 e. The number of nitrogens with zero attached hydrogens (tertiary/aromatic N) is 2. The number of rotatable bonds is 4. The molecule has 2 heterocycles. The molecule has 0 saturated carbocycles. The van der Waals surface area contributed by atoms with Crippen LogP contribution in [-0.4, -0.2) is 27.9 Å². The molecule has 0 radical (unpaired) electrons. The fourth-order valence-electron chi connectivity index (χ4n) is 1.98. The Bertz CT molecular complexity index is 498. The van der Waals surface area contributed by atoms with Gasteiger partial charge in [0.05, 0.1) is 11.7 Å². The Morgan fingerprint density at radius 3 is 3.16 bits per heavy atom. The minimum absolute atomic E-state index is 0.305. The Kier molecular flexibility index (Phi) is 5.37. The maximum absolute atomic E-state index is 5.69. The summed E-state index contributed by atoms with van der Waals surface area (Å²) in [6, 6.07) is 0.305. The van der Waals surface area contributed by atoms with Crippen LogP contribution in [0, 0.1) is 11.8 Å². The molecule has 1 N–H and O–H groups in total. The van der Waals surface area contributed by atoms with Gasteiger partial charge in [-0.25, -0.2) is 0 Å². The van der Waals surface area contributed by atoms with Crippen molar-refractivity contribution in [2.24, 2.45) is 0 Å². The Morgan fingerprint density at radius 1 is 1.47 bits per heavy atom. The molecule has 0 bridgehead atoms. The van der Waals surface area contributed by atoms with Gasteiger partial charge in [0.2, 0.25) is 0 Å². The number of aromatic nitrogens is 2. The van der Waals surface area contributed by atoms with Crippen molar-refractivity contribution in [3.05, 3.63) is 11.8 Å². The monoisotopic (exact) mass is 277 g/mol. The summed E-state index contributed by atoms with van der Waals surface area (Å²) in [6.07, 6.45) is 4.87. The molecule has 1 aromatic heterocycles. The summed E-state index contributed by atoms with van der Waals surface area (Å²) in [5.41, 5.74) is 2.07. The molecule has 102 valence electrons. The SMILES string of the molecule is CCC#CCCOc1nsnc1C1=CCCNC1C. The molecular weight excluding hydrogens is 258 g/mol. The van der Waals surface area contributed by atoms with Crippen LogP contribution in [0.15, 0.2) is 6.08 Å². The number of ether oxygens (including phenoxy) is 1. The summed E-state index contributed by atoms with van der Waals surface area (Å²) in [4.78, 5) is 0. The second-order valence-corrected chi connectivity index (χ2v) is 4.88. The second-order valence-electron chi connectivity index (χ2n) is 4.35. The molecule has 1 aliphatic heterocycles. The molecule has 0 aliphatic carbocycles. The number of hydrogen-bond donors (Lipinski definition) is 1. The van der Waals surface area contributed by atoms with Crippen molar-refractivity contribution < 1.29 is 4.74 Å². The van der Waals surface area contributed by atoms with Gasteiger partial charge < -0.3 is 10.1 Å². The maximum Gasteiger partial charge on any atom is 0.253 e. The third-order valence-corrected chi connectivity index (χ3v) is 3.44. The van der Waals surface area contributed by atoms with Gasteiger partial charge in [-0.3, -0.25) is 0 Å². The number of hydrogen-bond acceptors (Lipinski definition) is 5. The van der Waals surface area contributed by atoms with Crippen molar-refractivity contribution in [1.82, 2.24) is 14.1 Å². The highest BCUT2D eigenvalue weighted by Crippen LogP contribution is 2.28. The minimum atomic E-state index is 0.305. The fraction of sp³-hybridized carbons (Fsp3) is 0.571. The average Bonchev–Trinajstić information content (AvgIpc) is 2.87. The van der Waals surface area contributed by atoms with Crippen LogP contribution in [0.1, 0.15) is 38.8 Å². The first kappa shape index (κ1) is 14.0. The topological polar surface area (TPSA) is 47.0 Å². The summed E-state index contributed by atoms with van der Waals surface area (Å²) in [5, 5.41) is 3.42. The molecule has 0 fully saturated rings. The number of nitrogens with one attached hydrogen (secondary N) is 1. The highest BCUT2D eigenvalue weighted by atomic mass is 32.1. The fourth-order valence-corrected chi connectivity index (χ4v) is 2.50. The quantitative estimate of drug-likeness (QED) is 0.678. The smallest absolute Gasteiger partial charge is 0.253 e. The zero-order chi connectivity index (χ0) is 13.5. The van der Waals surface area contributed by atoms with E-state index in [1.54, 1.807) is 0 Å². The van der Waals surface area contributed by atoms with Crippen molar-refractivity contribution >= 4 is 17.3 Å². The predicted octanol–water partition coefficient (Wildman–Crippen LogP) is 2.49. The summed E-state index contributed by atoms with van der Waals surface area (Å²) < 4.78 is 14.3. The molecule has 1 aromatic rings. The molecule has 19 heavy (non-hydrogen) atoms. The molecule has 0 aromatic carbocycles. The van der Waals surface area contributed by atoms with Crippen LogP contribution >= 0.6 is 11.7 Å². The summed E-state index contributed by atoms with van der Waals surface area (Å²) >= 11 is 1.20. The van der Waals surface area contributed by atoms with E-state index in [0.29, 0.717) is 18.5 Å². The van der Waals surface area contributed by atoms with Crippen molar-refractivity contribution in [3.8, 4) is 17.7 Å². The molecule has 0 amide bonds. The first-order valence-electron chi connectivity index (χ1n) is 6.67. The van der Waals surface area contributed by atoms with Crippen LogP contribution in [0.5, 0.6) is 5.88 Å². The summed E-state index contributed by atoms with van der Waals surface area (Å²) in [5.74, 6) is 6.73. The van der Waals surface area contributed by atoms with E-state index in [1.807, 2.05) is 6.92 Å². The Labute approximate surface area is 118 Å². The highest BCUT2D eigenvalue weighted by Gasteiger charge is 2.21. The Hall–Kier alpha value is -1.38. The highest BCUT2D eigenvalue weighted by molar-refractivity contribution is 6.99. The van der Waals surface area contributed by atoms with E-state index in [2.05, 4.69) is 38.9 Å². The molecule has 4 nitrogen and oxygen atoms in total. The van der Waals surface area contributed by atoms with Crippen molar-refractivity contribution in [3.63, 3.8) is 0 Å². The van der Waals surface area contributed by atoms with Gasteiger partial charge in [-0.05, 0) is 25.5 Å². The van der Waals surface area contributed by atoms with Crippen LogP contribution in [0.3, 0.4) is 0 Å². The normalized spacial score (nSPS) is 18.4. The molecule has 1 atom stereocenters. The van der Waals surface area contributed by atoms with Crippen molar-refractivity contribution in [1.29, 1.82) is 0 Å². The molecule has 0 saturated heterocycles. The van der Waals surface area contributed by atoms with E-state index in [4.69, 9.17) is 4.74 Å². The summed E-state index contributed by atoms with van der Waals surface area (Å²) in [6.45, 7) is 5.77. The van der Waals surface area contributed by atoms with E-state index in [1.165, 1.54) is 17.3 Å². The molecule has 1 aliphatic rings. The third-order valence-electron chi connectivity index (χ3n) is 2.93. The van der Waals surface area contributed by atoms with Gasteiger partial charge in [0.1, 0.15) is 12.3 Å². The van der Waals surface area contributed by atoms with Gasteiger partial charge in [0, 0.05) is 18.9 Å². The first-order valence-corrected chi connectivity index (χ1v) is 7.40. The second kappa shape index (κ2) is 7.27. The van der Waals surface area contributed by atoms with E-state index in [9.17, 15) is 0 Å². The van der Waals surface area contributed by atoms with Gasteiger partial charge in [0.25, 0.3) is 5.88 Å². The van der Waals surface area contributed by atoms with E-state index in [0.717, 1.165) is 31.5 Å². The molecular formula is C14H19N3OS.